The molecule has 27 heavy (non-hydrogen) atoms. The summed E-state index contributed by atoms with van der Waals surface area (Å²) >= 11 is 0. The Kier molecular flexibility index (Phi) is 6.17. The van der Waals surface area contributed by atoms with Crippen LogP contribution in [0, 0.1) is 0 Å². The van der Waals surface area contributed by atoms with Gasteiger partial charge in [0.1, 0.15) is 5.54 Å². The molecule has 1 spiro atoms. The predicted octanol–water partition coefficient (Wildman–Crippen LogP) is 2.38. The van der Waals surface area contributed by atoms with Crippen molar-refractivity contribution in [2.75, 3.05) is 39.9 Å². The van der Waals surface area contributed by atoms with Gasteiger partial charge in [-0.2, -0.15) is 0 Å². The molecule has 0 radical (unpaired) electrons. The molecule has 2 aliphatic heterocycles. The topological polar surface area (TPSA) is 53.1 Å². The minimum atomic E-state index is -0.697. The summed E-state index contributed by atoms with van der Waals surface area (Å²) in [4.78, 5) is 32.1. The summed E-state index contributed by atoms with van der Waals surface area (Å²) in [6.07, 6.45) is 2.08. The molecule has 1 aromatic carbocycles. The maximum Gasteiger partial charge on any atom is 0.327 e. The van der Waals surface area contributed by atoms with Crippen LogP contribution in [0.15, 0.2) is 30.3 Å². The minimum absolute atomic E-state index is 0.0251. The molecule has 0 aliphatic carbocycles. The highest BCUT2D eigenvalue weighted by atomic mass is 16.5. The van der Waals surface area contributed by atoms with Gasteiger partial charge in [0, 0.05) is 39.3 Å². The van der Waals surface area contributed by atoms with Crippen molar-refractivity contribution in [2.45, 2.75) is 44.7 Å². The fourth-order valence-corrected chi connectivity index (χ4v) is 4.25. The molecule has 1 aromatic rings. The number of nitrogens with zero attached hydrogens (tertiary/aromatic N) is 3. The number of carbonyl (C=O) groups excluding carboxylic acids is 2. The number of piperidine rings is 1. The Morgan fingerprint density at radius 1 is 1.07 bits per heavy atom. The summed E-state index contributed by atoms with van der Waals surface area (Å²) in [5.74, 6) is -0.0251. The summed E-state index contributed by atoms with van der Waals surface area (Å²) in [7, 11) is 1.63. The molecule has 0 aromatic heterocycles. The molecule has 0 atom stereocenters. The Bertz CT molecular complexity index is 654. The maximum absolute atomic E-state index is 13.4. The molecule has 6 nitrogen and oxygen atoms in total. The van der Waals surface area contributed by atoms with Crippen molar-refractivity contribution in [3.8, 4) is 0 Å². The SMILES string of the molecule is COCCN1C(=O)N(CCc2ccccc2)C(=O)C12CCN(C(C)C)CC2. The number of benzene rings is 1. The monoisotopic (exact) mass is 373 g/mol. The molecule has 0 unspecified atom stereocenters. The van der Waals surface area contributed by atoms with E-state index in [1.807, 2.05) is 30.3 Å². The third-order valence-electron chi connectivity index (χ3n) is 5.96. The van der Waals surface area contributed by atoms with E-state index in [4.69, 9.17) is 4.74 Å². The van der Waals surface area contributed by atoms with Gasteiger partial charge in [-0.15, -0.1) is 0 Å². The molecule has 3 rings (SSSR count). The number of carbonyl (C=O) groups is 2. The molecular formula is C21H31N3O3. The molecule has 2 fully saturated rings. The van der Waals surface area contributed by atoms with E-state index in [9.17, 15) is 9.59 Å². The first-order chi connectivity index (χ1) is 13.0. The van der Waals surface area contributed by atoms with Crippen LogP contribution in [0.3, 0.4) is 0 Å². The first-order valence-electron chi connectivity index (χ1n) is 9.90. The smallest absolute Gasteiger partial charge is 0.327 e. The Morgan fingerprint density at radius 2 is 1.74 bits per heavy atom. The third kappa shape index (κ3) is 3.87. The van der Waals surface area contributed by atoms with Gasteiger partial charge >= 0.3 is 6.03 Å². The lowest BCUT2D eigenvalue weighted by atomic mass is 9.85. The van der Waals surface area contributed by atoms with E-state index < -0.39 is 5.54 Å². The third-order valence-corrected chi connectivity index (χ3v) is 5.96. The Labute approximate surface area is 162 Å². The van der Waals surface area contributed by atoms with Crippen LogP contribution in [0.4, 0.5) is 4.79 Å². The summed E-state index contributed by atoms with van der Waals surface area (Å²) in [5, 5.41) is 0. The number of likely N-dealkylation sites (tertiary alicyclic amines) is 1. The number of methoxy groups -OCH3 is 1. The van der Waals surface area contributed by atoms with Crippen LogP contribution in [0.5, 0.6) is 0 Å². The summed E-state index contributed by atoms with van der Waals surface area (Å²) in [5.41, 5.74) is 0.439. The molecule has 0 bridgehead atoms. The fourth-order valence-electron chi connectivity index (χ4n) is 4.25. The van der Waals surface area contributed by atoms with E-state index in [1.54, 1.807) is 12.0 Å². The van der Waals surface area contributed by atoms with E-state index in [0.717, 1.165) is 18.7 Å². The predicted molar refractivity (Wildman–Crippen MR) is 105 cm³/mol. The van der Waals surface area contributed by atoms with Crippen LogP contribution in [-0.4, -0.2) is 78.1 Å². The lowest BCUT2D eigenvalue weighted by molar-refractivity contribution is -0.136. The summed E-state index contributed by atoms with van der Waals surface area (Å²) < 4.78 is 5.21. The van der Waals surface area contributed by atoms with Crippen molar-refractivity contribution in [3.63, 3.8) is 0 Å². The first kappa shape index (κ1) is 19.8. The van der Waals surface area contributed by atoms with Crippen LogP contribution in [0.25, 0.3) is 0 Å². The van der Waals surface area contributed by atoms with Crippen molar-refractivity contribution in [1.29, 1.82) is 0 Å². The second-order valence-corrected chi connectivity index (χ2v) is 7.78. The molecule has 6 heteroatoms. The first-order valence-corrected chi connectivity index (χ1v) is 9.90. The molecule has 2 saturated heterocycles. The van der Waals surface area contributed by atoms with Gasteiger partial charge in [0.05, 0.1) is 6.61 Å². The maximum atomic E-state index is 13.4. The number of ether oxygens (including phenoxy) is 1. The lowest BCUT2D eigenvalue weighted by Gasteiger charge is -2.43. The van der Waals surface area contributed by atoms with Crippen LogP contribution in [-0.2, 0) is 16.0 Å². The van der Waals surface area contributed by atoms with Crippen LogP contribution in [0.2, 0.25) is 0 Å². The van der Waals surface area contributed by atoms with E-state index in [2.05, 4.69) is 18.7 Å². The van der Waals surface area contributed by atoms with Gasteiger partial charge in [-0.1, -0.05) is 30.3 Å². The van der Waals surface area contributed by atoms with Gasteiger partial charge in [0.25, 0.3) is 5.91 Å². The van der Waals surface area contributed by atoms with Crippen LogP contribution >= 0.6 is 0 Å². The quantitative estimate of drug-likeness (QED) is 0.689. The number of urea groups is 1. The van der Waals surface area contributed by atoms with Crippen molar-refractivity contribution in [2.24, 2.45) is 0 Å². The van der Waals surface area contributed by atoms with Gasteiger partial charge in [-0.05, 0) is 38.7 Å². The van der Waals surface area contributed by atoms with Gasteiger partial charge in [-0.25, -0.2) is 4.79 Å². The van der Waals surface area contributed by atoms with Gasteiger partial charge in [0.2, 0.25) is 0 Å². The van der Waals surface area contributed by atoms with Crippen molar-refractivity contribution < 1.29 is 14.3 Å². The molecule has 0 N–H and O–H groups in total. The lowest BCUT2D eigenvalue weighted by Crippen LogP contribution is -2.58. The highest BCUT2D eigenvalue weighted by molar-refractivity contribution is 6.07. The highest BCUT2D eigenvalue weighted by Crippen LogP contribution is 2.37. The molecule has 2 aliphatic rings. The van der Waals surface area contributed by atoms with E-state index in [-0.39, 0.29) is 11.9 Å². The summed E-state index contributed by atoms with van der Waals surface area (Å²) in [6.45, 7) is 7.37. The minimum Gasteiger partial charge on any atom is -0.383 e. The standard InChI is InChI=1S/C21H31N3O3/c1-17(2)22-13-10-21(11-14-22)19(25)23(20(26)24(21)15-16-27-3)12-9-18-7-5-4-6-8-18/h4-8,17H,9-16H2,1-3H3. The zero-order valence-corrected chi connectivity index (χ0v) is 16.7. The average molecular weight is 373 g/mol. The van der Waals surface area contributed by atoms with Crippen molar-refractivity contribution in [3.05, 3.63) is 35.9 Å². The Morgan fingerprint density at radius 3 is 2.33 bits per heavy atom. The van der Waals surface area contributed by atoms with E-state index in [1.165, 1.54) is 4.90 Å². The molecule has 0 saturated carbocycles. The Hall–Kier alpha value is -1.92. The van der Waals surface area contributed by atoms with E-state index in [0.29, 0.717) is 45.0 Å². The van der Waals surface area contributed by atoms with Gasteiger partial charge < -0.3 is 14.5 Å². The number of rotatable bonds is 7. The van der Waals surface area contributed by atoms with Crippen molar-refractivity contribution >= 4 is 11.9 Å². The number of hydrogen-bond donors (Lipinski definition) is 0. The van der Waals surface area contributed by atoms with Crippen molar-refractivity contribution in [1.82, 2.24) is 14.7 Å². The van der Waals surface area contributed by atoms with E-state index >= 15 is 0 Å². The number of amides is 3. The number of hydrogen-bond acceptors (Lipinski definition) is 4. The van der Waals surface area contributed by atoms with Crippen LogP contribution in [0.1, 0.15) is 32.3 Å². The molecule has 3 amide bonds. The summed E-state index contributed by atoms with van der Waals surface area (Å²) in [6, 6.07) is 10.3. The van der Waals surface area contributed by atoms with Gasteiger partial charge in [-0.3, -0.25) is 9.69 Å². The number of imide groups is 1. The normalized spacial score (nSPS) is 20.3. The Balaban J connectivity index is 1.77. The second kappa shape index (κ2) is 8.40. The second-order valence-electron chi connectivity index (χ2n) is 7.78. The largest absolute Gasteiger partial charge is 0.383 e. The molecular weight excluding hydrogens is 342 g/mol. The molecule has 148 valence electrons. The average Bonchev–Trinajstić information content (AvgIpc) is 2.86. The van der Waals surface area contributed by atoms with Crippen LogP contribution < -0.4 is 0 Å². The zero-order chi connectivity index (χ0) is 19.4. The van der Waals surface area contributed by atoms with Gasteiger partial charge in [0.15, 0.2) is 0 Å². The zero-order valence-electron chi connectivity index (χ0n) is 16.7. The highest BCUT2D eigenvalue weighted by Gasteiger charge is 2.57. The molecule has 2 heterocycles. The fraction of sp³-hybridized carbons (Fsp3) is 0.619.